The van der Waals surface area contributed by atoms with Gasteiger partial charge in [-0.15, -0.1) is 0 Å². The fourth-order valence-electron chi connectivity index (χ4n) is 1.88. The van der Waals surface area contributed by atoms with Gasteiger partial charge in [-0.1, -0.05) is 28.1 Å². The zero-order chi connectivity index (χ0) is 14.7. The average Bonchev–Trinajstić information content (AvgIpc) is 2.41. The van der Waals surface area contributed by atoms with Gasteiger partial charge in [0.1, 0.15) is 0 Å². The Morgan fingerprint density at radius 2 is 1.76 bits per heavy atom. The van der Waals surface area contributed by atoms with Crippen LogP contribution in [0, 0.1) is 0 Å². The second kappa shape index (κ2) is 8.10. The fraction of sp³-hybridized carbons (Fsp3) is 0.0667. The molecule has 0 aliphatic carbocycles. The minimum Gasteiger partial charge on any atom is -1.00 e. The monoisotopic (exact) mass is 423 g/mol. The summed E-state index contributed by atoms with van der Waals surface area (Å²) in [5, 5.41) is 8.82. The molecule has 0 unspecified atom stereocenters. The Labute approximate surface area is 170 Å². The Balaban J connectivity index is 0. The first-order valence-corrected chi connectivity index (χ1v) is 6.68. The normalized spacial score (nSPS) is 9.76. The van der Waals surface area contributed by atoms with Gasteiger partial charge in [-0.25, -0.2) is 0 Å². The molecule has 0 fully saturated rings. The maximum Gasteiger partial charge on any atom is 2.00 e. The molecule has 4 nitrogen and oxygen atoms in total. The number of carbonyl (C=O) groups excluding carboxylic acids is 1. The summed E-state index contributed by atoms with van der Waals surface area (Å²) in [5.74, 6) is -1.20. The van der Waals surface area contributed by atoms with Crippen LogP contribution in [0.4, 0.5) is 5.69 Å². The summed E-state index contributed by atoms with van der Waals surface area (Å²) < 4.78 is 0.877. The van der Waals surface area contributed by atoms with E-state index in [0.717, 1.165) is 4.47 Å². The third-order valence-corrected chi connectivity index (χ3v) is 3.42. The molecule has 2 aromatic rings. The molecule has 0 aromatic heterocycles. The van der Waals surface area contributed by atoms with Gasteiger partial charge in [0.15, 0.2) is 5.78 Å². The first-order chi connectivity index (χ1) is 9.49. The van der Waals surface area contributed by atoms with Gasteiger partial charge in [0, 0.05) is 21.3 Å². The van der Waals surface area contributed by atoms with Crippen LogP contribution in [0.15, 0.2) is 46.9 Å². The second-order valence-electron chi connectivity index (χ2n) is 4.28. The summed E-state index contributed by atoms with van der Waals surface area (Å²) in [7, 11) is 0. The predicted octanol–water partition coefficient (Wildman–Crippen LogP) is 2.73. The van der Waals surface area contributed by atoms with Gasteiger partial charge < -0.3 is 13.7 Å². The third-order valence-electron chi connectivity index (χ3n) is 2.89. The van der Waals surface area contributed by atoms with Crippen LogP contribution in [0.5, 0.6) is 0 Å². The number of carboxylic acids is 1. The van der Waals surface area contributed by atoms with E-state index >= 15 is 0 Å². The van der Waals surface area contributed by atoms with E-state index in [-0.39, 0.29) is 66.2 Å². The van der Waals surface area contributed by atoms with Crippen molar-refractivity contribution in [2.45, 2.75) is 6.42 Å². The number of anilines is 1. The van der Waals surface area contributed by atoms with E-state index in [1.54, 1.807) is 42.5 Å². The van der Waals surface area contributed by atoms with Gasteiger partial charge in [0.05, 0.1) is 6.42 Å². The molecule has 0 heterocycles. The molecule has 0 saturated heterocycles. The van der Waals surface area contributed by atoms with Crippen LogP contribution in [0.1, 0.15) is 24.3 Å². The Hall–Kier alpha value is -0.659. The Morgan fingerprint density at radius 3 is 2.33 bits per heavy atom. The quantitative estimate of drug-likeness (QED) is 0.450. The van der Waals surface area contributed by atoms with Crippen LogP contribution in [0.2, 0.25) is 0 Å². The first-order valence-electron chi connectivity index (χ1n) is 5.88. The Kier molecular flexibility index (Phi) is 7.09. The number of nitrogens with two attached hydrogens (primary N) is 1. The van der Waals surface area contributed by atoms with Gasteiger partial charge in [0.25, 0.3) is 0 Å². The van der Waals surface area contributed by atoms with Crippen molar-refractivity contribution in [3.05, 3.63) is 63.6 Å². The van der Waals surface area contributed by atoms with E-state index in [1.807, 2.05) is 0 Å². The van der Waals surface area contributed by atoms with E-state index in [0.29, 0.717) is 16.7 Å². The average molecular weight is 424 g/mol. The summed E-state index contributed by atoms with van der Waals surface area (Å²) in [6.45, 7) is 0. The minimum atomic E-state index is -0.982. The van der Waals surface area contributed by atoms with Crippen molar-refractivity contribution >= 4 is 78.9 Å². The molecule has 0 amide bonds. The van der Waals surface area contributed by atoms with E-state index < -0.39 is 5.97 Å². The van der Waals surface area contributed by atoms with Crippen molar-refractivity contribution in [3.63, 3.8) is 0 Å². The first kappa shape index (κ1) is 18.4. The molecule has 2 rings (SSSR count). The number of carboxylic acid groups (broad SMARTS) is 1. The Morgan fingerprint density at radius 1 is 1.14 bits per heavy atom. The Bertz CT molecular complexity index is 681. The van der Waals surface area contributed by atoms with E-state index in [4.69, 9.17) is 10.8 Å². The number of halogens is 1. The molecule has 3 N–H and O–H groups in total. The molecule has 0 aliphatic rings. The van der Waals surface area contributed by atoms with Gasteiger partial charge in [-0.3, -0.25) is 9.59 Å². The maximum absolute atomic E-state index is 12.4. The number of aliphatic carboxylic acids is 1. The fourth-order valence-corrected chi connectivity index (χ4v) is 2.15. The summed E-state index contributed by atoms with van der Waals surface area (Å²) in [4.78, 5) is 23.1. The molecule has 0 spiro atoms. The van der Waals surface area contributed by atoms with Crippen molar-refractivity contribution in [2.75, 3.05) is 5.73 Å². The SMILES string of the molecule is Nc1c(CC(=O)O)cccc1C(=O)c1ccc(Br)cc1.[H-].[H-].[Sr+2]. The molecular weight excluding hydrogens is 410 g/mol. The summed E-state index contributed by atoms with van der Waals surface area (Å²) in [6.07, 6.45) is -0.201. The van der Waals surface area contributed by atoms with Crippen molar-refractivity contribution in [1.29, 1.82) is 0 Å². The number of hydrogen-bond acceptors (Lipinski definition) is 3. The zero-order valence-corrected chi connectivity index (χ0v) is 16.2. The van der Waals surface area contributed by atoms with Gasteiger partial charge in [-0.2, -0.15) is 0 Å². The molecule has 2 aromatic carbocycles. The van der Waals surface area contributed by atoms with Gasteiger partial charge in [0.2, 0.25) is 0 Å². The molecule has 0 radical (unpaired) electrons. The largest absolute Gasteiger partial charge is 2.00 e. The molecule has 0 bridgehead atoms. The summed E-state index contributed by atoms with van der Waals surface area (Å²) >= 11 is 3.30. The van der Waals surface area contributed by atoms with Crippen molar-refractivity contribution in [2.24, 2.45) is 0 Å². The topological polar surface area (TPSA) is 80.4 Å². The van der Waals surface area contributed by atoms with E-state index in [9.17, 15) is 9.59 Å². The number of hydrogen-bond donors (Lipinski definition) is 2. The van der Waals surface area contributed by atoms with Crippen LogP contribution in [-0.2, 0) is 11.2 Å². The number of benzene rings is 2. The zero-order valence-electron chi connectivity index (χ0n) is 13.2. The van der Waals surface area contributed by atoms with E-state index in [2.05, 4.69) is 15.9 Å². The third kappa shape index (κ3) is 4.66. The molecule has 0 atom stereocenters. The van der Waals surface area contributed by atoms with Crippen LogP contribution in [0.3, 0.4) is 0 Å². The number of para-hydroxylation sites is 1. The predicted molar refractivity (Wildman–Crippen MR) is 87.7 cm³/mol. The van der Waals surface area contributed by atoms with Crippen molar-refractivity contribution in [1.82, 2.24) is 0 Å². The molecule has 6 heteroatoms. The standard InChI is InChI=1S/C15H12BrNO3.Sr.2H/c16-11-6-4-9(5-7-11)15(20)12-3-1-2-10(14(12)17)8-13(18)19;;;/h1-7H,8,17H2,(H,18,19);;;/q;+2;2*-1. The number of nitrogen functional groups attached to an aromatic ring is 1. The van der Waals surface area contributed by atoms with Gasteiger partial charge >= 0.3 is 51.5 Å². The van der Waals surface area contributed by atoms with Gasteiger partial charge in [-0.05, 0) is 35.9 Å². The molecule has 21 heavy (non-hydrogen) atoms. The van der Waals surface area contributed by atoms with Crippen LogP contribution >= 0.6 is 15.9 Å². The molecule has 0 aliphatic heterocycles. The molecular formula is C15H14BrNO3Sr. The van der Waals surface area contributed by atoms with Crippen LogP contribution in [-0.4, -0.2) is 62.3 Å². The number of rotatable bonds is 4. The van der Waals surface area contributed by atoms with E-state index in [1.165, 1.54) is 0 Å². The molecule has 0 saturated carbocycles. The summed E-state index contributed by atoms with van der Waals surface area (Å²) in [5.41, 5.74) is 7.41. The summed E-state index contributed by atoms with van der Waals surface area (Å²) in [6, 6.07) is 11.8. The number of carbonyl (C=O) groups is 2. The smallest absolute Gasteiger partial charge is 1.00 e. The van der Waals surface area contributed by atoms with Crippen molar-refractivity contribution in [3.8, 4) is 0 Å². The van der Waals surface area contributed by atoms with Crippen molar-refractivity contribution < 1.29 is 17.5 Å². The maximum atomic E-state index is 12.4. The second-order valence-corrected chi connectivity index (χ2v) is 5.20. The van der Waals surface area contributed by atoms with Crippen LogP contribution in [0.25, 0.3) is 0 Å². The van der Waals surface area contributed by atoms with Crippen LogP contribution < -0.4 is 5.73 Å². The minimum absolute atomic E-state index is 0. The number of ketones is 1. The molecule has 106 valence electrons.